The van der Waals surface area contributed by atoms with E-state index in [9.17, 15) is 10.4 Å². The van der Waals surface area contributed by atoms with E-state index in [1.165, 1.54) is 11.1 Å². The van der Waals surface area contributed by atoms with Crippen molar-refractivity contribution in [2.75, 3.05) is 0 Å². The fourth-order valence-corrected chi connectivity index (χ4v) is 6.30. The van der Waals surface area contributed by atoms with Crippen LogP contribution in [0.5, 0.6) is 5.75 Å². The van der Waals surface area contributed by atoms with E-state index < -0.39 is 0 Å². The summed E-state index contributed by atoms with van der Waals surface area (Å²) in [4.78, 5) is 3.54. The smallest absolute Gasteiger partial charge is 0.261 e. The molecule has 0 aromatic heterocycles. The van der Waals surface area contributed by atoms with Crippen molar-refractivity contribution in [1.29, 1.82) is 5.26 Å². The number of phenols is 1. The third kappa shape index (κ3) is 2.30. The SMILES string of the molecule is [C-]#[N+]/C(C#N)=C1/CC[C@H]2[C@@H]3CCc4cc(O)c(CC)cc4[C@H]3CC[C@]12C. The van der Waals surface area contributed by atoms with E-state index in [1.54, 1.807) is 0 Å². The molecule has 2 fully saturated rings. The highest BCUT2D eigenvalue weighted by Gasteiger charge is 2.53. The van der Waals surface area contributed by atoms with E-state index in [0.717, 1.165) is 56.1 Å². The lowest BCUT2D eigenvalue weighted by molar-refractivity contribution is 0.0811. The Bertz CT molecular complexity index is 853. The highest BCUT2D eigenvalue weighted by Crippen LogP contribution is 2.63. The third-order valence-corrected chi connectivity index (χ3v) is 7.59. The Morgan fingerprint density at radius 2 is 2.15 bits per heavy atom. The number of hydrogen-bond acceptors (Lipinski definition) is 2. The van der Waals surface area contributed by atoms with Crippen molar-refractivity contribution in [3.8, 4) is 11.8 Å². The van der Waals surface area contributed by atoms with Crippen molar-refractivity contribution in [2.24, 2.45) is 17.3 Å². The molecule has 0 unspecified atom stereocenters. The standard InChI is InChI=1S/C23H26N2O/c1-4-14-11-18-15(12-22(14)26)5-6-17-16(18)9-10-23(2)19(17)7-8-20(23)21(13-24)25-3/h11-12,16-17,19,26H,4-10H2,1-2H3/b21-20-/t16-,17+,19-,23-/m0/s1. The van der Waals surface area contributed by atoms with Crippen LogP contribution in [0.25, 0.3) is 4.85 Å². The second kappa shape index (κ2) is 6.17. The molecule has 3 aliphatic carbocycles. The zero-order valence-corrected chi connectivity index (χ0v) is 15.7. The molecular formula is C23H26N2O. The second-order valence-electron chi connectivity index (χ2n) is 8.49. The first-order chi connectivity index (χ1) is 12.5. The Balaban J connectivity index is 1.74. The number of benzene rings is 1. The molecule has 3 heteroatoms. The zero-order chi connectivity index (χ0) is 18.5. The first-order valence-corrected chi connectivity index (χ1v) is 9.89. The van der Waals surface area contributed by atoms with Gasteiger partial charge in [-0.15, -0.1) is 0 Å². The van der Waals surface area contributed by atoms with Crippen LogP contribution in [0, 0.1) is 35.2 Å². The van der Waals surface area contributed by atoms with E-state index in [2.05, 4.69) is 30.8 Å². The Morgan fingerprint density at radius 3 is 2.85 bits per heavy atom. The van der Waals surface area contributed by atoms with Crippen LogP contribution in [0.1, 0.15) is 68.6 Å². The molecule has 26 heavy (non-hydrogen) atoms. The number of nitrogens with zero attached hydrogens (tertiary/aromatic N) is 2. The van der Waals surface area contributed by atoms with Gasteiger partial charge >= 0.3 is 0 Å². The van der Waals surface area contributed by atoms with Gasteiger partial charge in [0.2, 0.25) is 0 Å². The molecule has 0 heterocycles. The lowest BCUT2D eigenvalue weighted by atomic mass is 9.55. The summed E-state index contributed by atoms with van der Waals surface area (Å²) >= 11 is 0. The van der Waals surface area contributed by atoms with Gasteiger partial charge in [0.05, 0.1) is 12.6 Å². The fourth-order valence-electron chi connectivity index (χ4n) is 6.30. The molecule has 134 valence electrons. The highest BCUT2D eigenvalue weighted by molar-refractivity contribution is 5.47. The van der Waals surface area contributed by atoms with Crippen molar-refractivity contribution < 1.29 is 5.11 Å². The van der Waals surface area contributed by atoms with Crippen LogP contribution >= 0.6 is 0 Å². The van der Waals surface area contributed by atoms with Crippen molar-refractivity contribution in [3.05, 3.63) is 51.5 Å². The molecule has 1 aromatic carbocycles. The average Bonchev–Trinajstić information content (AvgIpc) is 2.99. The summed E-state index contributed by atoms with van der Waals surface area (Å²) in [5.74, 6) is 2.24. The van der Waals surface area contributed by atoms with Gasteiger partial charge < -0.3 is 5.11 Å². The van der Waals surface area contributed by atoms with Crippen LogP contribution in [-0.2, 0) is 12.8 Å². The predicted molar refractivity (Wildman–Crippen MR) is 101 cm³/mol. The summed E-state index contributed by atoms with van der Waals surface area (Å²) in [6.07, 6.45) is 7.28. The summed E-state index contributed by atoms with van der Waals surface area (Å²) in [7, 11) is 0. The maximum absolute atomic E-state index is 10.2. The largest absolute Gasteiger partial charge is 0.508 e. The Hall–Kier alpha value is -2.26. The van der Waals surface area contributed by atoms with Crippen molar-refractivity contribution in [2.45, 2.75) is 64.7 Å². The summed E-state index contributed by atoms with van der Waals surface area (Å²) in [5.41, 5.74) is 5.36. The summed E-state index contributed by atoms with van der Waals surface area (Å²) < 4.78 is 0. The molecular weight excluding hydrogens is 320 g/mol. The third-order valence-electron chi connectivity index (χ3n) is 7.59. The average molecular weight is 346 g/mol. The van der Waals surface area contributed by atoms with Crippen LogP contribution in [0.3, 0.4) is 0 Å². The van der Waals surface area contributed by atoms with E-state index in [1.807, 2.05) is 6.07 Å². The molecule has 4 atom stereocenters. The number of aryl methyl sites for hydroxylation is 2. The van der Waals surface area contributed by atoms with Gasteiger partial charge in [0.15, 0.2) is 0 Å². The van der Waals surface area contributed by atoms with Gasteiger partial charge in [0.1, 0.15) is 5.75 Å². The Kier molecular flexibility index (Phi) is 4.07. The summed E-state index contributed by atoms with van der Waals surface area (Å²) in [6, 6.07) is 6.42. The Labute approximate surface area is 156 Å². The first kappa shape index (κ1) is 17.2. The minimum absolute atomic E-state index is 0.0266. The number of nitriles is 1. The highest BCUT2D eigenvalue weighted by atomic mass is 16.3. The number of phenolic OH excluding ortho intramolecular Hbond substituents is 1. The van der Waals surface area contributed by atoms with Gasteiger partial charge in [-0.1, -0.05) is 19.9 Å². The molecule has 1 N–H and O–H groups in total. The molecule has 0 spiro atoms. The molecule has 0 radical (unpaired) electrons. The van der Waals surface area contributed by atoms with Crippen molar-refractivity contribution >= 4 is 0 Å². The minimum Gasteiger partial charge on any atom is -0.508 e. The summed E-state index contributed by atoms with van der Waals surface area (Å²) in [5, 5.41) is 19.6. The molecule has 1 aromatic rings. The molecule has 0 aliphatic heterocycles. The van der Waals surface area contributed by atoms with Gasteiger partial charge in [0, 0.05) is 0 Å². The molecule has 3 aliphatic rings. The van der Waals surface area contributed by atoms with Crippen molar-refractivity contribution in [3.63, 3.8) is 0 Å². The number of hydrogen-bond donors (Lipinski definition) is 1. The van der Waals surface area contributed by atoms with Crippen LogP contribution in [-0.4, -0.2) is 5.11 Å². The molecule has 0 saturated heterocycles. The molecule has 0 amide bonds. The van der Waals surface area contributed by atoms with Gasteiger partial charge in [-0.2, -0.15) is 0 Å². The molecule has 4 rings (SSSR count). The van der Waals surface area contributed by atoms with Gasteiger partial charge in [-0.3, -0.25) is 0 Å². The summed E-state index contributed by atoms with van der Waals surface area (Å²) in [6.45, 7) is 11.8. The second-order valence-corrected chi connectivity index (χ2v) is 8.49. The van der Waals surface area contributed by atoms with Gasteiger partial charge in [-0.25, -0.2) is 10.1 Å². The van der Waals surface area contributed by atoms with Crippen LogP contribution < -0.4 is 0 Å². The van der Waals surface area contributed by atoms with Gasteiger partial charge in [-0.05, 0) is 96.4 Å². The van der Waals surface area contributed by atoms with E-state index in [4.69, 9.17) is 6.57 Å². The monoisotopic (exact) mass is 346 g/mol. The van der Waals surface area contributed by atoms with E-state index >= 15 is 0 Å². The van der Waals surface area contributed by atoms with Gasteiger partial charge in [0.25, 0.3) is 5.70 Å². The topological polar surface area (TPSA) is 48.4 Å². The number of rotatable bonds is 1. The zero-order valence-electron chi connectivity index (χ0n) is 15.7. The lowest BCUT2D eigenvalue weighted by Gasteiger charge is -2.50. The minimum atomic E-state index is 0.0266. The quantitative estimate of drug-likeness (QED) is 0.538. The fraction of sp³-hybridized carbons (Fsp3) is 0.565. The number of fused-ring (bicyclic) bond motifs is 5. The van der Waals surface area contributed by atoms with Crippen LogP contribution in [0.15, 0.2) is 23.4 Å². The van der Waals surface area contributed by atoms with Crippen LogP contribution in [0.2, 0.25) is 0 Å². The van der Waals surface area contributed by atoms with E-state index in [0.29, 0.717) is 29.2 Å². The molecule has 0 bridgehead atoms. The van der Waals surface area contributed by atoms with Crippen LogP contribution in [0.4, 0.5) is 0 Å². The van der Waals surface area contributed by atoms with Crippen molar-refractivity contribution in [1.82, 2.24) is 0 Å². The maximum Gasteiger partial charge on any atom is 0.261 e. The van der Waals surface area contributed by atoms with E-state index in [-0.39, 0.29) is 5.41 Å². The number of allylic oxidation sites excluding steroid dienone is 2. The Morgan fingerprint density at radius 1 is 1.35 bits per heavy atom. The predicted octanol–water partition coefficient (Wildman–Crippen LogP) is 5.51. The maximum atomic E-state index is 10.2. The molecule has 3 nitrogen and oxygen atoms in total. The normalized spacial score (nSPS) is 34.1. The molecule has 2 saturated carbocycles. The number of aromatic hydroxyl groups is 1. The first-order valence-electron chi connectivity index (χ1n) is 9.89. The lowest BCUT2D eigenvalue weighted by Crippen LogP contribution is -2.40.